The van der Waals surface area contributed by atoms with Gasteiger partial charge in [-0.05, 0) is 46.2 Å². The lowest BCUT2D eigenvalue weighted by molar-refractivity contribution is 0.0166. The van der Waals surface area contributed by atoms with E-state index in [0.717, 1.165) is 18.7 Å². The Kier molecular flexibility index (Phi) is 4.48. The van der Waals surface area contributed by atoms with Gasteiger partial charge in [0.15, 0.2) is 5.78 Å². The maximum absolute atomic E-state index is 12.6. The zero-order valence-electron chi connectivity index (χ0n) is 13.4. The van der Waals surface area contributed by atoms with Crippen molar-refractivity contribution in [1.82, 2.24) is 9.80 Å². The predicted octanol–water partition coefficient (Wildman–Crippen LogP) is 3.11. The van der Waals surface area contributed by atoms with E-state index in [-0.39, 0.29) is 0 Å². The number of nitrogens with zero attached hydrogens (tertiary/aromatic N) is 2. The molecule has 2 aliphatic rings. The third-order valence-electron chi connectivity index (χ3n) is 5.00. The molecule has 2 atom stereocenters. The van der Waals surface area contributed by atoms with Crippen LogP contribution in [0.15, 0.2) is 6.07 Å². The van der Waals surface area contributed by atoms with Crippen LogP contribution in [0.5, 0.6) is 0 Å². The van der Waals surface area contributed by atoms with E-state index in [4.69, 9.17) is 0 Å². The number of Topliss-reactive ketones (excluding diaryl/α,β-unsaturated/α-hetero) is 1. The number of hydrogen-bond acceptors (Lipinski definition) is 4. The van der Waals surface area contributed by atoms with Crippen molar-refractivity contribution in [2.24, 2.45) is 0 Å². The minimum absolute atomic E-state index is 0.299. The lowest BCUT2D eigenvalue weighted by atomic mass is 9.96. The number of ketones is 1. The third-order valence-corrected chi connectivity index (χ3v) is 5.97. The summed E-state index contributed by atoms with van der Waals surface area (Å²) in [4.78, 5) is 20.0. The Labute approximate surface area is 131 Å². The van der Waals surface area contributed by atoms with Gasteiger partial charge in [-0.15, -0.1) is 11.3 Å². The summed E-state index contributed by atoms with van der Waals surface area (Å²) in [6.07, 6.45) is 3.99. The molecule has 2 unspecified atom stereocenters. The van der Waals surface area contributed by atoms with E-state index < -0.39 is 0 Å². The summed E-state index contributed by atoms with van der Waals surface area (Å²) < 4.78 is 0. The van der Waals surface area contributed by atoms with Crippen LogP contribution in [0.4, 0.5) is 0 Å². The van der Waals surface area contributed by atoms with Crippen molar-refractivity contribution < 1.29 is 4.79 Å². The maximum atomic E-state index is 12.6. The smallest absolute Gasteiger partial charge is 0.177 e. The fourth-order valence-corrected chi connectivity index (χ4v) is 4.75. The van der Waals surface area contributed by atoms with E-state index in [9.17, 15) is 4.79 Å². The minimum Gasteiger partial charge on any atom is -0.298 e. The van der Waals surface area contributed by atoms with E-state index >= 15 is 0 Å². The Morgan fingerprint density at radius 2 is 2.14 bits per heavy atom. The normalized spacial score (nSPS) is 27.6. The number of piperazine rings is 1. The van der Waals surface area contributed by atoms with Crippen LogP contribution in [-0.2, 0) is 0 Å². The van der Waals surface area contributed by atoms with Crippen LogP contribution in [0, 0.1) is 13.8 Å². The van der Waals surface area contributed by atoms with E-state index in [2.05, 4.69) is 36.6 Å². The molecule has 0 spiro atoms. The van der Waals surface area contributed by atoms with Crippen LogP contribution < -0.4 is 0 Å². The number of fused-ring (bicyclic) bond motifs is 1. The molecule has 0 radical (unpaired) electrons. The summed E-state index contributed by atoms with van der Waals surface area (Å²) in [7, 11) is 0. The summed E-state index contributed by atoms with van der Waals surface area (Å²) in [5.74, 6) is 0.299. The van der Waals surface area contributed by atoms with Gasteiger partial charge in [-0.3, -0.25) is 14.6 Å². The van der Waals surface area contributed by atoms with Crippen molar-refractivity contribution in [3.8, 4) is 0 Å². The van der Waals surface area contributed by atoms with Crippen LogP contribution in [0.3, 0.4) is 0 Å². The molecule has 21 heavy (non-hydrogen) atoms. The zero-order valence-corrected chi connectivity index (χ0v) is 14.2. The van der Waals surface area contributed by atoms with Crippen LogP contribution >= 0.6 is 11.3 Å². The number of thiophene rings is 1. The first kappa shape index (κ1) is 15.2. The molecule has 0 aromatic carbocycles. The number of carbonyl (C=O) groups excluding carboxylic acids is 1. The number of piperidine rings is 1. The Morgan fingerprint density at radius 1 is 1.33 bits per heavy atom. The summed E-state index contributed by atoms with van der Waals surface area (Å²) in [6.45, 7) is 10.4. The molecule has 2 aliphatic heterocycles. The van der Waals surface area contributed by atoms with Gasteiger partial charge in [-0.2, -0.15) is 0 Å². The second kappa shape index (κ2) is 6.19. The average Bonchev–Trinajstić information content (AvgIpc) is 2.78. The quantitative estimate of drug-likeness (QED) is 0.802. The van der Waals surface area contributed by atoms with Gasteiger partial charge in [0.05, 0.1) is 6.54 Å². The van der Waals surface area contributed by atoms with E-state index in [1.807, 2.05) is 0 Å². The molecule has 0 aliphatic carbocycles. The molecule has 0 saturated carbocycles. The van der Waals surface area contributed by atoms with E-state index in [0.29, 0.717) is 24.4 Å². The molecule has 0 N–H and O–H groups in total. The Hall–Kier alpha value is -0.710. The largest absolute Gasteiger partial charge is 0.298 e. The van der Waals surface area contributed by atoms with Crippen molar-refractivity contribution >= 4 is 17.1 Å². The van der Waals surface area contributed by atoms with Gasteiger partial charge in [0.2, 0.25) is 0 Å². The summed E-state index contributed by atoms with van der Waals surface area (Å²) >= 11 is 1.73. The summed E-state index contributed by atoms with van der Waals surface area (Å²) in [5.41, 5.74) is 0.941. The minimum atomic E-state index is 0.299. The van der Waals surface area contributed by atoms with E-state index in [1.165, 1.54) is 35.6 Å². The van der Waals surface area contributed by atoms with Crippen LogP contribution in [0.2, 0.25) is 0 Å². The molecule has 4 heteroatoms. The van der Waals surface area contributed by atoms with Gasteiger partial charge in [0.25, 0.3) is 0 Å². The highest BCUT2D eigenvalue weighted by atomic mass is 32.1. The molecule has 0 bridgehead atoms. The fourth-order valence-electron chi connectivity index (χ4n) is 3.81. The molecule has 1 aromatic heterocycles. The monoisotopic (exact) mass is 306 g/mol. The molecule has 2 saturated heterocycles. The van der Waals surface area contributed by atoms with Crippen LogP contribution in [0.1, 0.15) is 46.3 Å². The number of aryl methyl sites for hydroxylation is 2. The predicted molar refractivity (Wildman–Crippen MR) is 88.4 cm³/mol. The van der Waals surface area contributed by atoms with Gasteiger partial charge in [-0.25, -0.2) is 0 Å². The summed E-state index contributed by atoms with van der Waals surface area (Å²) in [5, 5.41) is 0. The first-order chi connectivity index (χ1) is 10.0. The molecule has 3 nitrogen and oxygen atoms in total. The van der Waals surface area contributed by atoms with E-state index in [1.54, 1.807) is 11.3 Å². The Bertz CT molecular complexity index is 525. The third kappa shape index (κ3) is 3.22. The topological polar surface area (TPSA) is 23.6 Å². The standard InChI is InChI=1S/C17H26N2OS/c1-12-9-18-7-5-4-6-15(18)10-19(12)11-17(20)16-8-13(2)21-14(16)3/h8,12,15H,4-7,9-11H2,1-3H3. The van der Waals surface area contributed by atoms with Crippen LogP contribution in [0.25, 0.3) is 0 Å². The molecule has 1 aromatic rings. The van der Waals surface area contributed by atoms with Crippen molar-refractivity contribution in [1.29, 1.82) is 0 Å². The van der Waals surface area contributed by atoms with Crippen LogP contribution in [-0.4, -0.2) is 53.8 Å². The lowest BCUT2D eigenvalue weighted by Crippen LogP contribution is -2.59. The molecule has 3 rings (SSSR count). The second-order valence-electron chi connectivity index (χ2n) is 6.67. The fraction of sp³-hybridized carbons (Fsp3) is 0.706. The van der Waals surface area contributed by atoms with Crippen molar-refractivity contribution in [2.75, 3.05) is 26.2 Å². The SMILES string of the molecule is Cc1cc(C(=O)CN2CC3CCCCN3CC2C)c(C)s1. The van der Waals surface area contributed by atoms with Crippen molar-refractivity contribution in [3.63, 3.8) is 0 Å². The summed E-state index contributed by atoms with van der Waals surface area (Å²) in [6, 6.07) is 3.22. The molecular formula is C17H26N2OS. The highest BCUT2D eigenvalue weighted by Crippen LogP contribution is 2.25. The number of rotatable bonds is 3. The number of hydrogen-bond donors (Lipinski definition) is 0. The highest BCUT2D eigenvalue weighted by molar-refractivity contribution is 7.12. The maximum Gasteiger partial charge on any atom is 0.177 e. The second-order valence-corrected chi connectivity index (χ2v) is 8.13. The Morgan fingerprint density at radius 3 is 2.86 bits per heavy atom. The first-order valence-corrected chi connectivity index (χ1v) is 8.94. The van der Waals surface area contributed by atoms with Crippen molar-refractivity contribution in [3.05, 3.63) is 21.4 Å². The lowest BCUT2D eigenvalue weighted by Gasteiger charge is -2.47. The average molecular weight is 306 g/mol. The molecule has 0 amide bonds. The zero-order chi connectivity index (χ0) is 15.0. The van der Waals surface area contributed by atoms with Crippen molar-refractivity contribution in [2.45, 2.75) is 52.1 Å². The molecule has 3 heterocycles. The molecular weight excluding hydrogens is 280 g/mol. The van der Waals surface area contributed by atoms with Gasteiger partial charge in [-0.1, -0.05) is 6.42 Å². The van der Waals surface area contributed by atoms with Gasteiger partial charge >= 0.3 is 0 Å². The number of carbonyl (C=O) groups is 1. The highest BCUT2D eigenvalue weighted by Gasteiger charge is 2.33. The van der Waals surface area contributed by atoms with Gasteiger partial charge < -0.3 is 0 Å². The Balaban J connectivity index is 1.66. The van der Waals surface area contributed by atoms with Gasteiger partial charge in [0.1, 0.15) is 0 Å². The first-order valence-electron chi connectivity index (χ1n) is 8.13. The molecule has 2 fully saturated rings. The van der Waals surface area contributed by atoms with Gasteiger partial charge in [0, 0.05) is 40.5 Å². The molecule has 116 valence electrons.